The van der Waals surface area contributed by atoms with Crippen molar-refractivity contribution in [3.8, 4) is 0 Å². The minimum atomic E-state index is -4.49. The molecule has 0 aromatic rings. The van der Waals surface area contributed by atoms with Crippen molar-refractivity contribution < 1.29 is 27.4 Å². The molecule has 148 valence electrons. The molecule has 0 amide bonds. The molecule has 2 saturated carbocycles. The molecular formula is C18H28O6S2. The fraction of sp³-hybridized carbons (Fsp3) is 0.833. The van der Waals surface area contributed by atoms with E-state index < -0.39 is 20.8 Å². The summed E-state index contributed by atoms with van der Waals surface area (Å²) < 4.78 is 33.3. The molecule has 3 rings (SSSR count). The van der Waals surface area contributed by atoms with Crippen LogP contribution < -0.4 is 0 Å². The van der Waals surface area contributed by atoms with Gasteiger partial charge in [0, 0.05) is 5.41 Å². The van der Waals surface area contributed by atoms with Gasteiger partial charge in [-0.25, -0.2) is 8.42 Å². The number of ketones is 3. The summed E-state index contributed by atoms with van der Waals surface area (Å²) in [6.45, 7) is 7.21. The Balaban J connectivity index is 0.000000197. The highest BCUT2D eigenvalue weighted by Gasteiger charge is 2.67. The Bertz CT molecular complexity index is 701. The highest BCUT2D eigenvalue weighted by Crippen LogP contribution is 2.64. The van der Waals surface area contributed by atoms with Gasteiger partial charge < -0.3 is 4.55 Å². The predicted octanol–water partition coefficient (Wildman–Crippen LogP) is 1.48. The van der Waals surface area contributed by atoms with Crippen molar-refractivity contribution in [1.82, 2.24) is 0 Å². The van der Waals surface area contributed by atoms with Gasteiger partial charge in [0.15, 0.2) is 17.3 Å². The second-order valence-corrected chi connectivity index (χ2v) is 12.2. The summed E-state index contributed by atoms with van der Waals surface area (Å²) in [6, 6.07) is 0. The lowest BCUT2D eigenvalue weighted by molar-refractivity contribution is -0.128. The quantitative estimate of drug-likeness (QED) is 0.521. The van der Waals surface area contributed by atoms with Gasteiger partial charge in [0.25, 0.3) is 0 Å². The van der Waals surface area contributed by atoms with Gasteiger partial charge >= 0.3 is 0 Å². The van der Waals surface area contributed by atoms with E-state index in [0.717, 1.165) is 11.5 Å². The van der Waals surface area contributed by atoms with Crippen molar-refractivity contribution in [3.63, 3.8) is 0 Å². The lowest BCUT2D eigenvalue weighted by Gasteiger charge is -2.32. The molecule has 0 N–H and O–H groups in total. The zero-order valence-corrected chi connectivity index (χ0v) is 17.5. The molecule has 3 aliphatic rings. The van der Waals surface area contributed by atoms with Crippen LogP contribution in [0.2, 0.25) is 0 Å². The summed E-state index contributed by atoms with van der Waals surface area (Å²) in [5, 5.41) is -1.30. The van der Waals surface area contributed by atoms with Crippen LogP contribution >= 0.6 is 0 Å². The maximum atomic E-state index is 12.0. The van der Waals surface area contributed by atoms with Crippen LogP contribution in [0.25, 0.3) is 0 Å². The minimum Gasteiger partial charge on any atom is -0.747 e. The molecule has 6 nitrogen and oxygen atoms in total. The van der Waals surface area contributed by atoms with Crippen molar-refractivity contribution in [2.24, 2.45) is 16.7 Å². The zero-order chi connectivity index (χ0) is 19.9. The first-order valence-electron chi connectivity index (χ1n) is 8.95. The van der Waals surface area contributed by atoms with Gasteiger partial charge in [-0.1, -0.05) is 20.8 Å². The zero-order valence-electron chi connectivity index (χ0n) is 15.9. The number of carbonyl (C=O) groups is 3. The van der Waals surface area contributed by atoms with E-state index in [0.29, 0.717) is 37.2 Å². The fourth-order valence-electron chi connectivity index (χ4n) is 4.51. The van der Waals surface area contributed by atoms with Crippen LogP contribution in [0.1, 0.15) is 53.4 Å². The molecule has 8 heteroatoms. The Morgan fingerprint density at radius 1 is 1.19 bits per heavy atom. The minimum absolute atomic E-state index is 0.234. The summed E-state index contributed by atoms with van der Waals surface area (Å²) in [6.07, 6.45) is 2.78. The standard InChI is InChI=1S/C10H16O4S.C8H13O2S/c1-9(2)6-4-5-10(9,3)8(11)7(6)15(12,13)14;1-7(9)6-11-4-2-8(10)3-5-11/h6-7H,4-5H2,1-3H3,(H,12,13,14);2-6H2,1H3/q;+1/p-1. The van der Waals surface area contributed by atoms with E-state index in [2.05, 4.69) is 0 Å². The summed E-state index contributed by atoms with van der Waals surface area (Å²) in [7, 11) is -4.26. The summed E-state index contributed by atoms with van der Waals surface area (Å²) in [4.78, 5) is 33.5. The monoisotopic (exact) mass is 404 g/mol. The fourth-order valence-corrected chi connectivity index (χ4v) is 8.01. The van der Waals surface area contributed by atoms with Gasteiger partial charge in [0.05, 0.1) is 12.8 Å². The van der Waals surface area contributed by atoms with Crippen LogP contribution in [0, 0.1) is 16.7 Å². The molecule has 1 heterocycles. The lowest BCUT2D eigenvalue weighted by atomic mass is 9.70. The first-order valence-corrected chi connectivity index (χ1v) is 12.2. The molecule has 0 spiro atoms. The molecule has 1 saturated heterocycles. The summed E-state index contributed by atoms with van der Waals surface area (Å²) >= 11 is 0. The Hall–Kier alpha value is -0.730. The molecule has 2 aliphatic carbocycles. The molecule has 3 atom stereocenters. The third-order valence-corrected chi connectivity index (χ3v) is 10.1. The topological polar surface area (TPSA) is 108 Å². The van der Waals surface area contributed by atoms with E-state index >= 15 is 0 Å². The third-order valence-electron chi connectivity index (χ3n) is 6.53. The van der Waals surface area contributed by atoms with E-state index in [9.17, 15) is 27.4 Å². The van der Waals surface area contributed by atoms with E-state index in [1.165, 1.54) is 0 Å². The maximum Gasteiger partial charge on any atom is 0.178 e. The third kappa shape index (κ3) is 3.92. The van der Waals surface area contributed by atoms with Crippen LogP contribution in [-0.2, 0) is 35.4 Å². The van der Waals surface area contributed by atoms with Crippen LogP contribution in [0.15, 0.2) is 0 Å². The number of carbonyl (C=O) groups excluding carboxylic acids is 3. The Labute approximate surface area is 158 Å². The molecular weight excluding hydrogens is 376 g/mol. The van der Waals surface area contributed by atoms with Gasteiger partial charge in [-0.05, 0) is 42.0 Å². The van der Waals surface area contributed by atoms with Crippen LogP contribution in [-0.4, -0.2) is 52.8 Å². The molecule has 2 bridgehead atoms. The molecule has 0 aromatic heterocycles. The van der Waals surface area contributed by atoms with Crippen molar-refractivity contribution in [3.05, 3.63) is 0 Å². The van der Waals surface area contributed by atoms with E-state index in [4.69, 9.17) is 0 Å². The molecule has 3 unspecified atom stereocenters. The largest absolute Gasteiger partial charge is 0.747 e. The highest BCUT2D eigenvalue weighted by atomic mass is 32.2. The average molecular weight is 405 g/mol. The second kappa shape index (κ2) is 7.36. The maximum absolute atomic E-state index is 12.0. The van der Waals surface area contributed by atoms with Crippen LogP contribution in [0.4, 0.5) is 0 Å². The van der Waals surface area contributed by atoms with Crippen molar-refractivity contribution in [2.45, 2.75) is 58.6 Å². The molecule has 0 aromatic carbocycles. The summed E-state index contributed by atoms with van der Waals surface area (Å²) in [5.41, 5.74) is -0.994. The number of hydrogen-bond donors (Lipinski definition) is 0. The van der Waals surface area contributed by atoms with Gasteiger partial charge in [-0.15, -0.1) is 0 Å². The number of Topliss-reactive ketones (excluding diaryl/α,β-unsaturated/α-hetero) is 3. The van der Waals surface area contributed by atoms with Crippen molar-refractivity contribution in [1.29, 1.82) is 0 Å². The normalized spacial score (nSPS) is 33.7. The first-order chi connectivity index (χ1) is 11.8. The number of rotatable bonds is 3. The van der Waals surface area contributed by atoms with Gasteiger partial charge in [-0.2, -0.15) is 0 Å². The van der Waals surface area contributed by atoms with Gasteiger partial charge in [0.1, 0.15) is 32.7 Å². The Morgan fingerprint density at radius 3 is 2.08 bits per heavy atom. The van der Waals surface area contributed by atoms with Crippen molar-refractivity contribution in [2.75, 3.05) is 17.3 Å². The van der Waals surface area contributed by atoms with E-state index in [-0.39, 0.29) is 33.8 Å². The highest BCUT2D eigenvalue weighted by molar-refractivity contribution is 7.97. The number of fused-ring (bicyclic) bond motifs is 2. The van der Waals surface area contributed by atoms with Crippen LogP contribution in [0.5, 0.6) is 0 Å². The second-order valence-electron chi connectivity index (χ2n) is 8.38. The smallest absolute Gasteiger partial charge is 0.178 e. The SMILES string of the molecule is CC(=O)C[S+]1CCC(=O)CC1.CC12CCC(C(S(=O)(=O)[O-])C1=O)C2(C)C. The molecule has 26 heavy (non-hydrogen) atoms. The molecule has 3 fully saturated rings. The number of hydrogen-bond acceptors (Lipinski definition) is 6. The van der Waals surface area contributed by atoms with E-state index in [1.54, 1.807) is 13.8 Å². The van der Waals surface area contributed by atoms with Gasteiger partial charge in [-0.3, -0.25) is 14.4 Å². The van der Waals surface area contributed by atoms with Crippen LogP contribution in [0.3, 0.4) is 0 Å². The molecule has 1 aliphatic heterocycles. The van der Waals surface area contributed by atoms with Crippen molar-refractivity contribution >= 4 is 38.4 Å². The average Bonchev–Trinajstić information content (AvgIpc) is 2.81. The lowest BCUT2D eigenvalue weighted by Crippen LogP contribution is -2.38. The summed E-state index contributed by atoms with van der Waals surface area (Å²) in [5.74, 6) is 2.60. The predicted molar refractivity (Wildman–Crippen MR) is 100.0 cm³/mol. The Morgan fingerprint density at radius 2 is 1.73 bits per heavy atom. The van der Waals surface area contributed by atoms with E-state index in [1.807, 2.05) is 13.8 Å². The first kappa shape index (κ1) is 21.6. The van der Waals surface area contributed by atoms with Gasteiger partial charge in [0.2, 0.25) is 0 Å². The molecule has 0 radical (unpaired) electrons. The Kier molecular flexibility index (Phi) is 6.10.